The predicted molar refractivity (Wildman–Crippen MR) is 91.9 cm³/mol. The van der Waals surface area contributed by atoms with Crippen LogP contribution in [0.25, 0.3) is 0 Å². The minimum atomic E-state index is -0.988. The number of nitrogen functional groups attached to an aromatic ring is 1. The van der Waals surface area contributed by atoms with Gasteiger partial charge in [-0.15, -0.1) is 0 Å². The third kappa shape index (κ3) is 4.68. The van der Waals surface area contributed by atoms with E-state index in [1.165, 1.54) is 19.1 Å². The molecule has 8 nitrogen and oxygen atoms in total. The summed E-state index contributed by atoms with van der Waals surface area (Å²) in [5, 5.41) is 13.8. The number of nitrogens with zero attached hydrogens (tertiary/aromatic N) is 1. The molecule has 0 radical (unpaired) electrons. The first-order valence-electron chi connectivity index (χ1n) is 8.35. The van der Waals surface area contributed by atoms with Crippen molar-refractivity contribution in [2.75, 3.05) is 5.73 Å². The van der Waals surface area contributed by atoms with Crippen LogP contribution in [0.2, 0.25) is 0 Å². The van der Waals surface area contributed by atoms with Crippen molar-refractivity contribution >= 4 is 23.3 Å². The van der Waals surface area contributed by atoms with Crippen LogP contribution in [0.4, 0.5) is 11.4 Å². The maximum Gasteiger partial charge on any atom is 0.339 e. The smallest absolute Gasteiger partial charge is 0.339 e. The summed E-state index contributed by atoms with van der Waals surface area (Å²) < 4.78 is 5.14. The summed E-state index contributed by atoms with van der Waals surface area (Å²) in [6.07, 6.45) is 3.22. The van der Waals surface area contributed by atoms with Crippen molar-refractivity contribution in [1.82, 2.24) is 5.32 Å². The molecule has 0 heterocycles. The lowest BCUT2D eigenvalue weighted by atomic mass is 9.86. The van der Waals surface area contributed by atoms with Gasteiger partial charge in [0.2, 0.25) is 0 Å². The van der Waals surface area contributed by atoms with Crippen molar-refractivity contribution in [1.29, 1.82) is 0 Å². The van der Waals surface area contributed by atoms with Gasteiger partial charge in [-0.2, -0.15) is 0 Å². The first-order chi connectivity index (χ1) is 11.8. The summed E-state index contributed by atoms with van der Waals surface area (Å²) in [6.45, 7) is 3.57. The second-order valence-electron chi connectivity index (χ2n) is 6.46. The molecule has 0 bridgehead atoms. The number of nitro groups is 1. The molecule has 0 saturated heterocycles. The standard InChI is InChI=1S/C17H23N3O5/c1-10-5-3-4-6-14(10)19-16(21)11(2)25-17(22)12-7-8-13(18)15(9-12)20(23)24/h7-11,14H,3-6,18H2,1-2H3,(H,19,21)/t10-,11-,14-/m1/s1. The van der Waals surface area contributed by atoms with Crippen LogP contribution in [0.1, 0.15) is 49.9 Å². The van der Waals surface area contributed by atoms with Gasteiger partial charge in [0.1, 0.15) is 5.69 Å². The van der Waals surface area contributed by atoms with Crippen LogP contribution in [-0.2, 0) is 9.53 Å². The number of hydrogen-bond acceptors (Lipinski definition) is 6. The molecule has 0 aromatic heterocycles. The number of carbonyl (C=O) groups excluding carboxylic acids is 2. The van der Waals surface area contributed by atoms with E-state index in [2.05, 4.69) is 12.2 Å². The van der Waals surface area contributed by atoms with E-state index in [9.17, 15) is 19.7 Å². The lowest BCUT2D eigenvalue weighted by molar-refractivity contribution is -0.383. The number of nitrogens with one attached hydrogen (secondary N) is 1. The van der Waals surface area contributed by atoms with Crippen molar-refractivity contribution in [2.45, 2.75) is 51.7 Å². The highest BCUT2D eigenvalue weighted by atomic mass is 16.6. The van der Waals surface area contributed by atoms with Crippen LogP contribution in [0.3, 0.4) is 0 Å². The van der Waals surface area contributed by atoms with Gasteiger partial charge >= 0.3 is 5.97 Å². The van der Waals surface area contributed by atoms with Gasteiger partial charge in [0.25, 0.3) is 11.6 Å². The van der Waals surface area contributed by atoms with Gasteiger partial charge in [-0.1, -0.05) is 19.8 Å². The molecule has 0 aliphatic heterocycles. The number of nitro benzene ring substituents is 1. The lowest BCUT2D eigenvalue weighted by Crippen LogP contribution is -2.45. The number of carbonyl (C=O) groups is 2. The fraction of sp³-hybridized carbons (Fsp3) is 0.529. The zero-order chi connectivity index (χ0) is 18.6. The van der Waals surface area contributed by atoms with E-state index in [0.29, 0.717) is 5.92 Å². The van der Waals surface area contributed by atoms with Crippen molar-refractivity contribution in [3.8, 4) is 0 Å². The molecule has 3 atom stereocenters. The Labute approximate surface area is 145 Å². The average Bonchev–Trinajstić information content (AvgIpc) is 2.56. The van der Waals surface area contributed by atoms with Crippen molar-refractivity contribution in [3.63, 3.8) is 0 Å². The monoisotopic (exact) mass is 349 g/mol. The Bertz CT molecular complexity index is 676. The number of anilines is 1. The van der Waals surface area contributed by atoms with E-state index in [0.717, 1.165) is 31.7 Å². The average molecular weight is 349 g/mol. The van der Waals surface area contributed by atoms with E-state index in [1.807, 2.05) is 0 Å². The van der Waals surface area contributed by atoms with Crippen LogP contribution < -0.4 is 11.1 Å². The molecule has 1 aromatic carbocycles. The van der Waals surface area contributed by atoms with E-state index in [-0.39, 0.29) is 28.9 Å². The molecule has 136 valence electrons. The molecular formula is C17H23N3O5. The molecule has 1 aliphatic rings. The third-order valence-corrected chi connectivity index (χ3v) is 4.56. The number of esters is 1. The van der Waals surface area contributed by atoms with Gasteiger partial charge in [-0.25, -0.2) is 4.79 Å². The molecule has 25 heavy (non-hydrogen) atoms. The van der Waals surface area contributed by atoms with Gasteiger partial charge < -0.3 is 15.8 Å². The molecule has 8 heteroatoms. The van der Waals surface area contributed by atoms with Gasteiger partial charge in [0, 0.05) is 12.1 Å². The first kappa shape index (κ1) is 18.7. The maximum atomic E-state index is 12.2. The number of ether oxygens (including phenoxy) is 1. The van der Waals surface area contributed by atoms with Crippen molar-refractivity contribution < 1.29 is 19.2 Å². The Balaban J connectivity index is 1.98. The SMILES string of the molecule is C[C@@H]1CCCC[C@H]1NC(=O)[C@@H](C)OC(=O)c1ccc(N)c([N+](=O)[O-])c1. The molecule has 0 unspecified atom stereocenters. The Hall–Kier alpha value is -2.64. The predicted octanol–water partition coefficient (Wildman–Crippen LogP) is 2.42. The van der Waals surface area contributed by atoms with E-state index >= 15 is 0 Å². The summed E-state index contributed by atoms with van der Waals surface area (Å²) in [5.41, 5.74) is 5.06. The van der Waals surface area contributed by atoms with Crippen LogP contribution >= 0.6 is 0 Å². The highest BCUT2D eigenvalue weighted by Crippen LogP contribution is 2.24. The summed E-state index contributed by atoms with van der Waals surface area (Å²) in [4.78, 5) is 34.6. The quantitative estimate of drug-likeness (QED) is 0.364. The number of benzene rings is 1. The van der Waals surface area contributed by atoms with E-state index in [1.54, 1.807) is 0 Å². The van der Waals surface area contributed by atoms with Crippen LogP contribution in [0.5, 0.6) is 0 Å². The number of hydrogen-bond donors (Lipinski definition) is 2. The third-order valence-electron chi connectivity index (χ3n) is 4.56. The molecule has 1 saturated carbocycles. The van der Waals surface area contributed by atoms with Crippen molar-refractivity contribution in [2.24, 2.45) is 5.92 Å². The fourth-order valence-electron chi connectivity index (χ4n) is 2.94. The lowest BCUT2D eigenvalue weighted by Gasteiger charge is -2.30. The van der Waals surface area contributed by atoms with Crippen LogP contribution in [0, 0.1) is 16.0 Å². The zero-order valence-corrected chi connectivity index (χ0v) is 14.4. The minimum absolute atomic E-state index is 0.0217. The zero-order valence-electron chi connectivity index (χ0n) is 14.4. The summed E-state index contributed by atoms with van der Waals surface area (Å²) in [5.74, 6) is -0.778. The summed E-state index contributed by atoms with van der Waals surface area (Å²) >= 11 is 0. The molecule has 1 aromatic rings. The molecule has 3 N–H and O–H groups in total. The largest absolute Gasteiger partial charge is 0.449 e. The Kier molecular flexibility index (Phi) is 5.95. The summed E-state index contributed by atoms with van der Waals surface area (Å²) in [6, 6.07) is 3.73. The van der Waals surface area contributed by atoms with Crippen LogP contribution in [0.15, 0.2) is 18.2 Å². The van der Waals surface area contributed by atoms with Gasteiger partial charge in [-0.05, 0) is 37.8 Å². The van der Waals surface area contributed by atoms with Gasteiger partial charge in [0.05, 0.1) is 10.5 Å². The van der Waals surface area contributed by atoms with E-state index in [4.69, 9.17) is 10.5 Å². The Morgan fingerprint density at radius 3 is 2.68 bits per heavy atom. The number of nitrogens with two attached hydrogens (primary N) is 1. The second-order valence-corrected chi connectivity index (χ2v) is 6.46. The normalized spacial score (nSPS) is 21.2. The number of amides is 1. The van der Waals surface area contributed by atoms with Gasteiger partial charge in [-0.3, -0.25) is 14.9 Å². The Morgan fingerprint density at radius 2 is 2.04 bits per heavy atom. The molecular weight excluding hydrogens is 326 g/mol. The highest BCUT2D eigenvalue weighted by molar-refractivity contribution is 5.93. The molecule has 1 amide bonds. The topological polar surface area (TPSA) is 125 Å². The number of rotatable bonds is 5. The summed E-state index contributed by atoms with van der Waals surface area (Å²) in [7, 11) is 0. The Morgan fingerprint density at radius 1 is 1.36 bits per heavy atom. The second kappa shape index (κ2) is 7.96. The molecule has 0 spiro atoms. The molecule has 1 fully saturated rings. The van der Waals surface area contributed by atoms with Gasteiger partial charge in [0.15, 0.2) is 6.10 Å². The first-order valence-corrected chi connectivity index (χ1v) is 8.35. The fourth-order valence-corrected chi connectivity index (χ4v) is 2.94. The maximum absolute atomic E-state index is 12.2. The molecule has 2 rings (SSSR count). The van der Waals surface area contributed by atoms with Crippen LogP contribution in [-0.4, -0.2) is 28.9 Å². The highest BCUT2D eigenvalue weighted by Gasteiger charge is 2.27. The van der Waals surface area contributed by atoms with E-state index < -0.39 is 17.0 Å². The molecule has 1 aliphatic carbocycles. The minimum Gasteiger partial charge on any atom is -0.449 e. The van der Waals surface area contributed by atoms with Crippen molar-refractivity contribution in [3.05, 3.63) is 33.9 Å².